The molecule has 1 aromatic rings. The van der Waals surface area contributed by atoms with Crippen molar-refractivity contribution in [3.8, 4) is 0 Å². The molecule has 0 bridgehead atoms. The first-order valence-corrected chi connectivity index (χ1v) is 7.15. The van der Waals surface area contributed by atoms with Crippen molar-refractivity contribution in [2.24, 2.45) is 5.92 Å². The van der Waals surface area contributed by atoms with Crippen molar-refractivity contribution in [1.29, 1.82) is 0 Å². The quantitative estimate of drug-likeness (QED) is 0.703. The molecule has 0 aliphatic rings. The summed E-state index contributed by atoms with van der Waals surface area (Å²) in [6.45, 7) is 8.31. The zero-order chi connectivity index (χ0) is 13.5. The Hall–Kier alpha value is -1.12. The van der Waals surface area contributed by atoms with E-state index in [4.69, 9.17) is 0 Å². The van der Waals surface area contributed by atoms with Crippen LogP contribution in [0.25, 0.3) is 0 Å². The van der Waals surface area contributed by atoms with Gasteiger partial charge in [-0.3, -0.25) is 9.48 Å². The minimum absolute atomic E-state index is 0.159. The summed E-state index contributed by atoms with van der Waals surface area (Å²) in [5.74, 6) is 0.515. The van der Waals surface area contributed by atoms with Crippen molar-refractivity contribution in [3.63, 3.8) is 0 Å². The third kappa shape index (κ3) is 4.28. The van der Waals surface area contributed by atoms with Crippen LogP contribution in [0.4, 0.5) is 0 Å². The third-order valence-corrected chi connectivity index (χ3v) is 3.48. The number of Topliss-reactive ketones (excluding diaryl/α,β-unsaturated/α-hetero) is 1. The van der Waals surface area contributed by atoms with Crippen LogP contribution < -0.4 is 0 Å². The van der Waals surface area contributed by atoms with E-state index in [9.17, 15) is 4.79 Å². The minimum atomic E-state index is 0.159. The first-order valence-electron chi connectivity index (χ1n) is 7.15. The van der Waals surface area contributed by atoms with E-state index in [0.717, 1.165) is 31.4 Å². The third-order valence-electron chi connectivity index (χ3n) is 3.48. The Kier molecular flexibility index (Phi) is 6.10. The van der Waals surface area contributed by atoms with Crippen LogP contribution >= 0.6 is 0 Å². The maximum absolute atomic E-state index is 11.5. The smallest absolute Gasteiger partial charge is 0.135 e. The Labute approximate surface area is 111 Å². The Balaban J connectivity index is 2.42. The molecule has 0 spiro atoms. The summed E-state index contributed by atoms with van der Waals surface area (Å²) in [6.07, 6.45) is 6.79. The summed E-state index contributed by atoms with van der Waals surface area (Å²) in [6, 6.07) is 2.59. The lowest BCUT2D eigenvalue weighted by Gasteiger charge is -2.12. The Morgan fingerprint density at radius 1 is 1.33 bits per heavy atom. The second kappa shape index (κ2) is 7.34. The van der Waals surface area contributed by atoms with E-state index in [1.807, 2.05) is 13.8 Å². The van der Waals surface area contributed by atoms with Crippen molar-refractivity contribution < 1.29 is 4.79 Å². The molecule has 102 valence electrons. The topological polar surface area (TPSA) is 34.9 Å². The molecule has 0 saturated carbocycles. The molecule has 1 rings (SSSR count). The minimum Gasteiger partial charge on any atom is -0.299 e. The van der Waals surface area contributed by atoms with Gasteiger partial charge in [0.2, 0.25) is 0 Å². The zero-order valence-corrected chi connectivity index (χ0v) is 12.1. The Morgan fingerprint density at radius 2 is 2.00 bits per heavy atom. The lowest BCUT2D eigenvalue weighted by atomic mass is 10.0. The fraction of sp³-hybridized carbons (Fsp3) is 0.733. The van der Waals surface area contributed by atoms with Crippen LogP contribution in [-0.2, 0) is 11.2 Å². The summed E-state index contributed by atoms with van der Waals surface area (Å²) in [7, 11) is 0. The molecule has 0 amide bonds. The Morgan fingerprint density at radius 3 is 2.56 bits per heavy atom. The molecule has 1 heterocycles. The van der Waals surface area contributed by atoms with Gasteiger partial charge in [-0.15, -0.1) is 0 Å². The second-order valence-electron chi connectivity index (χ2n) is 5.23. The maximum atomic E-state index is 11.5. The van der Waals surface area contributed by atoms with Crippen LogP contribution in [0.5, 0.6) is 0 Å². The largest absolute Gasteiger partial charge is 0.299 e. The van der Waals surface area contributed by atoms with Crippen molar-refractivity contribution in [2.45, 2.75) is 65.8 Å². The standard InChI is InChI=1S/C15H26N2O/c1-5-14(6-2)17-11-10-13(16-17)8-7-9-15(18)12(3)4/h10-12,14H,5-9H2,1-4H3. The SMILES string of the molecule is CCC(CC)n1ccc(CCCC(=O)C(C)C)n1. The molecule has 0 fully saturated rings. The van der Waals surface area contributed by atoms with Crippen LogP contribution in [0.1, 0.15) is 65.1 Å². The highest BCUT2D eigenvalue weighted by Crippen LogP contribution is 2.15. The molecular weight excluding hydrogens is 224 g/mol. The molecule has 0 aliphatic carbocycles. The molecule has 0 unspecified atom stereocenters. The summed E-state index contributed by atoms with van der Waals surface area (Å²) in [5.41, 5.74) is 1.11. The summed E-state index contributed by atoms with van der Waals surface area (Å²) < 4.78 is 2.07. The van der Waals surface area contributed by atoms with Gasteiger partial charge in [-0.25, -0.2) is 0 Å². The normalized spacial score (nSPS) is 11.4. The van der Waals surface area contributed by atoms with Crippen molar-refractivity contribution >= 4 is 5.78 Å². The van der Waals surface area contributed by atoms with Crippen molar-refractivity contribution in [3.05, 3.63) is 18.0 Å². The molecule has 18 heavy (non-hydrogen) atoms. The molecule has 0 aromatic carbocycles. The van der Waals surface area contributed by atoms with E-state index in [1.54, 1.807) is 0 Å². The maximum Gasteiger partial charge on any atom is 0.135 e. The van der Waals surface area contributed by atoms with Crippen molar-refractivity contribution in [2.75, 3.05) is 0 Å². The molecule has 3 nitrogen and oxygen atoms in total. The van der Waals surface area contributed by atoms with Crippen molar-refractivity contribution in [1.82, 2.24) is 9.78 Å². The molecule has 0 saturated heterocycles. The Bertz CT molecular complexity index is 364. The number of ketones is 1. The van der Waals surface area contributed by atoms with Crippen LogP contribution in [0.2, 0.25) is 0 Å². The number of hydrogen-bond donors (Lipinski definition) is 0. The van der Waals surface area contributed by atoms with Crippen LogP contribution in [-0.4, -0.2) is 15.6 Å². The molecular formula is C15H26N2O. The highest BCUT2D eigenvalue weighted by Gasteiger charge is 2.09. The molecule has 0 atom stereocenters. The first-order chi connectivity index (χ1) is 8.58. The second-order valence-corrected chi connectivity index (χ2v) is 5.23. The molecule has 3 heteroatoms. The van der Waals surface area contributed by atoms with E-state index in [0.29, 0.717) is 18.2 Å². The number of nitrogens with zero attached hydrogens (tertiary/aromatic N) is 2. The van der Waals surface area contributed by atoms with E-state index in [2.05, 4.69) is 35.9 Å². The molecule has 1 aromatic heterocycles. The van der Waals surface area contributed by atoms with Gasteiger partial charge in [-0.05, 0) is 31.7 Å². The summed E-state index contributed by atoms with van der Waals surface area (Å²) in [5, 5.41) is 4.60. The number of carbonyl (C=O) groups excluding carboxylic acids is 1. The lowest BCUT2D eigenvalue weighted by Crippen LogP contribution is -2.09. The average molecular weight is 250 g/mol. The van der Waals surface area contributed by atoms with Gasteiger partial charge in [-0.1, -0.05) is 27.7 Å². The lowest BCUT2D eigenvalue weighted by molar-refractivity contribution is -0.121. The highest BCUT2D eigenvalue weighted by atomic mass is 16.1. The number of aromatic nitrogens is 2. The van der Waals surface area contributed by atoms with Crippen LogP contribution in [0, 0.1) is 5.92 Å². The van der Waals surface area contributed by atoms with Gasteiger partial charge < -0.3 is 0 Å². The fourth-order valence-electron chi connectivity index (χ4n) is 2.11. The molecule has 0 aliphatic heterocycles. The molecule has 0 radical (unpaired) electrons. The van der Waals surface area contributed by atoms with Gasteiger partial charge in [0.1, 0.15) is 5.78 Å². The average Bonchev–Trinajstić information content (AvgIpc) is 2.79. The first kappa shape index (κ1) is 14.9. The predicted octanol–water partition coefficient (Wildman–Crippen LogP) is 3.79. The van der Waals surface area contributed by atoms with Gasteiger partial charge in [0.15, 0.2) is 0 Å². The van der Waals surface area contributed by atoms with Gasteiger partial charge >= 0.3 is 0 Å². The number of hydrogen-bond acceptors (Lipinski definition) is 2. The van der Waals surface area contributed by atoms with E-state index in [1.165, 1.54) is 0 Å². The number of aryl methyl sites for hydroxylation is 1. The van der Waals surface area contributed by atoms with Gasteiger partial charge in [0.05, 0.1) is 11.7 Å². The van der Waals surface area contributed by atoms with Crippen LogP contribution in [0.15, 0.2) is 12.3 Å². The molecule has 0 N–H and O–H groups in total. The zero-order valence-electron chi connectivity index (χ0n) is 12.1. The van der Waals surface area contributed by atoms with E-state index < -0.39 is 0 Å². The summed E-state index contributed by atoms with van der Waals surface area (Å²) in [4.78, 5) is 11.5. The number of rotatable bonds is 8. The highest BCUT2D eigenvalue weighted by molar-refractivity contribution is 5.80. The van der Waals surface area contributed by atoms with Gasteiger partial charge in [0, 0.05) is 18.5 Å². The number of carbonyl (C=O) groups is 1. The van der Waals surface area contributed by atoms with E-state index in [-0.39, 0.29) is 5.92 Å². The predicted molar refractivity (Wildman–Crippen MR) is 74.6 cm³/mol. The fourth-order valence-corrected chi connectivity index (χ4v) is 2.11. The van der Waals surface area contributed by atoms with E-state index >= 15 is 0 Å². The van der Waals surface area contributed by atoms with Gasteiger partial charge in [-0.2, -0.15) is 5.10 Å². The monoisotopic (exact) mass is 250 g/mol. The summed E-state index contributed by atoms with van der Waals surface area (Å²) >= 11 is 0. The van der Waals surface area contributed by atoms with Gasteiger partial charge in [0.25, 0.3) is 0 Å². The van der Waals surface area contributed by atoms with Crippen LogP contribution in [0.3, 0.4) is 0 Å².